The molecule has 2 heterocycles. The topological polar surface area (TPSA) is 124 Å². The van der Waals surface area contributed by atoms with Crippen LogP contribution in [0.3, 0.4) is 0 Å². The number of sulfonamides is 1. The smallest absolute Gasteiger partial charge is 0.323 e. The summed E-state index contributed by atoms with van der Waals surface area (Å²) in [7, 11) is -3.87. The van der Waals surface area contributed by atoms with Gasteiger partial charge in [-0.3, -0.25) is 9.52 Å². The number of nitrogens with zero attached hydrogens (tertiary/aromatic N) is 1. The van der Waals surface area contributed by atoms with Crippen molar-refractivity contribution in [2.45, 2.75) is 11.8 Å². The number of hydrogen-bond donors (Lipinski definition) is 3. The van der Waals surface area contributed by atoms with Crippen LogP contribution in [-0.4, -0.2) is 37.4 Å². The summed E-state index contributed by atoms with van der Waals surface area (Å²) in [5.74, 6) is 0.323. The molecule has 0 saturated heterocycles. The van der Waals surface area contributed by atoms with E-state index in [0.29, 0.717) is 41.3 Å². The zero-order valence-corrected chi connectivity index (χ0v) is 15.1. The van der Waals surface area contributed by atoms with E-state index < -0.39 is 15.7 Å². The molecule has 4 rings (SSSR count). The largest absolute Gasteiger partial charge is 0.489 e. The Hall–Kier alpha value is -3.27. The molecule has 1 aliphatic heterocycles. The minimum Gasteiger partial charge on any atom is -0.489 e. The molecule has 0 unspecified atom stereocenters. The summed E-state index contributed by atoms with van der Waals surface area (Å²) in [5.41, 5.74) is 1.42. The van der Waals surface area contributed by atoms with Crippen molar-refractivity contribution in [3.63, 3.8) is 0 Å². The monoisotopic (exact) mass is 388 g/mol. The van der Waals surface area contributed by atoms with Gasteiger partial charge in [0.1, 0.15) is 12.4 Å². The van der Waals surface area contributed by atoms with Crippen LogP contribution in [0.1, 0.15) is 6.92 Å². The molecule has 0 fully saturated rings. The van der Waals surface area contributed by atoms with Crippen LogP contribution in [-0.2, 0) is 14.8 Å². The van der Waals surface area contributed by atoms with Gasteiger partial charge in [0, 0.05) is 13.0 Å². The molecule has 0 radical (unpaired) electrons. The van der Waals surface area contributed by atoms with Crippen molar-refractivity contribution >= 4 is 38.3 Å². The van der Waals surface area contributed by atoms with Crippen LogP contribution in [0.2, 0.25) is 0 Å². The third-order valence-electron chi connectivity index (χ3n) is 4.25. The molecule has 0 atom stereocenters. The van der Waals surface area contributed by atoms with Crippen LogP contribution in [0.25, 0.3) is 11.0 Å². The fourth-order valence-electron chi connectivity index (χ4n) is 3.00. The van der Waals surface area contributed by atoms with Gasteiger partial charge in [-0.15, -0.1) is 0 Å². The van der Waals surface area contributed by atoms with Gasteiger partial charge in [-0.05, 0) is 30.3 Å². The summed E-state index contributed by atoms with van der Waals surface area (Å²) in [6.45, 7) is 2.25. The second-order valence-electron chi connectivity index (χ2n) is 6.09. The molecule has 0 bridgehead atoms. The first-order chi connectivity index (χ1) is 12.8. The molecule has 3 N–H and O–H groups in total. The number of benzene rings is 2. The molecule has 1 aromatic heterocycles. The normalized spacial score (nSPS) is 13.9. The highest BCUT2D eigenvalue weighted by atomic mass is 32.2. The highest BCUT2D eigenvalue weighted by Crippen LogP contribution is 2.34. The van der Waals surface area contributed by atoms with Crippen molar-refractivity contribution in [1.29, 1.82) is 0 Å². The summed E-state index contributed by atoms with van der Waals surface area (Å²) in [6.07, 6.45) is 0. The van der Waals surface area contributed by atoms with Crippen LogP contribution in [0.5, 0.6) is 5.75 Å². The predicted molar refractivity (Wildman–Crippen MR) is 99.7 cm³/mol. The van der Waals surface area contributed by atoms with E-state index in [1.165, 1.54) is 25.1 Å². The minimum absolute atomic E-state index is 0.00857. The zero-order valence-electron chi connectivity index (χ0n) is 14.3. The highest BCUT2D eigenvalue weighted by molar-refractivity contribution is 7.92. The molecule has 1 aliphatic rings. The van der Waals surface area contributed by atoms with Gasteiger partial charge in [-0.1, -0.05) is 0 Å². The zero-order chi connectivity index (χ0) is 19.2. The number of carbonyl (C=O) groups excluding carboxylic acids is 1. The minimum atomic E-state index is -3.87. The van der Waals surface area contributed by atoms with E-state index in [1.54, 1.807) is 23.1 Å². The number of H-pyrrole nitrogens is 2. The first kappa shape index (κ1) is 17.2. The Kier molecular flexibility index (Phi) is 3.92. The van der Waals surface area contributed by atoms with Crippen molar-refractivity contribution in [2.24, 2.45) is 0 Å². The standard InChI is InChI=1S/C17H16N4O5S/c1-10(22)21-6-7-26-16-8-11(2-5-15(16)21)20-27(24,25)12-3-4-13-14(9-12)19-17(23)18-13/h2-5,8-9,20H,6-7H2,1H3,(H2,18,19,23). The van der Waals surface area contributed by atoms with Gasteiger partial charge in [0.05, 0.1) is 33.8 Å². The maximum absolute atomic E-state index is 12.7. The predicted octanol–water partition coefficient (Wildman–Crippen LogP) is 1.40. The van der Waals surface area contributed by atoms with Gasteiger partial charge in [0.15, 0.2) is 0 Å². The fraction of sp³-hybridized carbons (Fsp3) is 0.176. The van der Waals surface area contributed by atoms with Gasteiger partial charge in [-0.25, -0.2) is 13.2 Å². The maximum atomic E-state index is 12.7. The Morgan fingerprint density at radius 3 is 2.70 bits per heavy atom. The Morgan fingerprint density at radius 1 is 1.15 bits per heavy atom. The molecular formula is C17H16N4O5S. The Morgan fingerprint density at radius 2 is 1.93 bits per heavy atom. The summed E-state index contributed by atoms with van der Waals surface area (Å²) >= 11 is 0. The van der Waals surface area contributed by atoms with Gasteiger partial charge < -0.3 is 19.6 Å². The van der Waals surface area contributed by atoms with Crippen LogP contribution < -0.4 is 20.0 Å². The van der Waals surface area contributed by atoms with E-state index in [0.717, 1.165) is 0 Å². The number of anilines is 2. The molecule has 10 heteroatoms. The lowest BCUT2D eigenvalue weighted by Gasteiger charge is -2.29. The first-order valence-electron chi connectivity index (χ1n) is 8.13. The van der Waals surface area contributed by atoms with Gasteiger partial charge in [-0.2, -0.15) is 0 Å². The summed E-state index contributed by atoms with van der Waals surface area (Å²) < 4.78 is 33.4. The van der Waals surface area contributed by atoms with Crippen molar-refractivity contribution in [1.82, 2.24) is 9.97 Å². The van der Waals surface area contributed by atoms with E-state index in [9.17, 15) is 18.0 Å². The summed E-state index contributed by atoms with van der Waals surface area (Å²) in [5, 5.41) is 0. The third-order valence-corrected chi connectivity index (χ3v) is 5.63. The SMILES string of the molecule is CC(=O)N1CCOc2cc(NS(=O)(=O)c3ccc4[nH]c(=O)[nH]c4c3)ccc21. The second-order valence-corrected chi connectivity index (χ2v) is 7.78. The van der Waals surface area contributed by atoms with E-state index in [4.69, 9.17) is 4.74 Å². The van der Waals surface area contributed by atoms with E-state index in [1.807, 2.05) is 0 Å². The number of aromatic amines is 2. The lowest BCUT2D eigenvalue weighted by molar-refractivity contribution is -0.116. The molecular weight excluding hydrogens is 372 g/mol. The highest BCUT2D eigenvalue weighted by Gasteiger charge is 2.22. The Balaban J connectivity index is 1.66. The number of carbonyl (C=O) groups is 1. The Bertz CT molecular complexity index is 1210. The van der Waals surface area contributed by atoms with Crippen LogP contribution in [0, 0.1) is 0 Å². The number of imidazole rings is 1. The molecule has 1 amide bonds. The van der Waals surface area contributed by atoms with Crippen LogP contribution in [0.4, 0.5) is 11.4 Å². The number of rotatable bonds is 3. The average molecular weight is 388 g/mol. The van der Waals surface area contributed by atoms with E-state index >= 15 is 0 Å². The molecule has 0 saturated carbocycles. The quantitative estimate of drug-likeness (QED) is 0.626. The molecule has 9 nitrogen and oxygen atoms in total. The summed E-state index contributed by atoms with van der Waals surface area (Å²) in [4.78, 5) is 29.7. The summed E-state index contributed by atoms with van der Waals surface area (Å²) in [6, 6.07) is 9.04. The molecule has 3 aromatic rings. The Labute approximate surface area is 154 Å². The van der Waals surface area contributed by atoms with Crippen molar-refractivity contribution in [3.05, 3.63) is 46.9 Å². The molecule has 0 spiro atoms. The number of nitrogens with one attached hydrogen (secondary N) is 3. The van der Waals surface area contributed by atoms with Crippen molar-refractivity contribution in [2.75, 3.05) is 22.8 Å². The van der Waals surface area contributed by atoms with Crippen molar-refractivity contribution < 1.29 is 17.9 Å². The van der Waals surface area contributed by atoms with Crippen LogP contribution >= 0.6 is 0 Å². The van der Waals surface area contributed by atoms with Gasteiger partial charge >= 0.3 is 5.69 Å². The van der Waals surface area contributed by atoms with Crippen molar-refractivity contribution in [3.8, 4) is 5.75 Å². The van der Waals surface area contributed by atoms with E-state index in [-0.39, 0.29) is 10.8 Å². The maximum Gasteiger partial charge on any atom is 0.323 e. The van der Waals surface area contributed by atoms with Gasteiger partial charge in [0.25, 0.3) is 10.0 Å². The number of amides is 1. The number of fused-ring (bicyclic) bond motifs is 2. The number of aromatic nitrogens is 2. The molecule has 27 heavy (non-hydrogen) atoms. The second kappa shape index (κ2) is 6.16. The molecule has 2 aromatic carbocycles. The number of hydrogen-bond acceptors (Lipinski definition) is 5. The fourth-order valence-corrected chi connectivity index (χ4v) is 4.08. The average Bonchev–Trinajstić information content (AvgIpc) is 2.99. The lowest BCUT2D eigenvalue weighted by atomic mass is 10.2. The van der Waals surface area contributed by atoms with Crippen LogP contribution in [0.15, 0.2) is 46.1 Å². The third kappa shape index (κ3) is 3.14. The lowest BCUT2D eigenvalue weighted by Crippen LogP contribution is -2.36. The molecule has 0 aliphatic carbocycles. The first-order valence-corrected chi connectivity index (χ1v) is 9.62. The van der Waals surface area contributed by atoms with Gasteiger partial charge in [0.2, 0.25) is 5.91 Å². The van der Waals surface area contributed by atoms with E-state index in [2.05, 4.69) is 14.7 Å². The number of ether oxygens (including phenoxy) is 1. The molecule has 140 valence electrons.